The normalized spacial score (nSPS) is 11.3. The summed E-state index contributed by atoms with van der Waals surface area (Å²) in [7, 11) is 4.45. The van der Waals surface area contributed by atoms with Gasteiger partial charge in [0, 0.05) is 23.8 Å². The summed E-state index contributed by atoms with van der Waals surface area (Å²) in [6, 6.07) is 13.2. The molecular formula is C26H21FN4O6S. The molecule has 0 aliphatic heterocycles. The lowest BCUT2D eigenvalue weighted by Crippen LogP contribution is -2.23. The quantitative estimate of drug-likeness (QED) is 0.121. The lowest BCUT2D eigenvalue weighted by atomic mass is 10.2. The van der Waals surface area contributed by atoms with E-state index in [9.17, 15) is 19.3 Å². The molecule has 0 radical (unpaired) electrons. The zero-order valence-electron chi connectivity index (χ0n) is 20.5. The highest BCUT2D eigenvalue weighted by molar-refractivity contribution is 7.22. The van der Waals surface area contributed by atoms with Crippen molar-refractivity contribution in [3.8, 4) is 17.2 Å². The largest absolute Gasteiger partial charge is 0.493 e. The van der Waals surface area contributed by atoms with Crippen molar-refractivity contribution < 1.29 is 28.3 Å². The fourth-order valence-electron chi connectivity index (χ4n) is 3.42. The molecule has 1 aromatic heterocycles. The van der Waals surface area contributed by atoms with E-state index >= 15 is 0 Å². The van der Waals surface area contributed by atoms with Crippen molar-refractivity contribution in [2.75, 3.05) is 26.3 Å². The van der Waals surface area contributed by atoms with Crippen LogP contribution in [0.3, 0.4) is 0 Å². The van der Waals surface area contributed by atoms with Crippen LogP contribution in [0.25, 0.3) is 16.3 Å². The number of aromatic nitrogens is 1. The topological polar surface area (TPSA) is 116 Å². The number of carbonyl (C=O) groups excluding carboxylic acids is 1. The summed E-state index contributed by atoms with van der Waals surface area (Å²) < 4.78 is 30.4. The van der Waals surface area contributed by atoms with Gasteiger partial charge in [-0.2, -0.15) is 10.1 Å². The zero-order valence-corrected chi connectivity index (χ0v) is 21.3. The Bertz CT molecular complexity index is 1530. The van der Waals surface area contributed by atoms with E-state index in [1.165, 1.54) is 82.2 Å². The molecule has 0 aliphatic carbocycles. The molecular weight excluding hydrogens is 515 g/mol. The number of hydrogen-bond acceptors (Lipinski definition) is 9. The number of hydrazone groups is 1. The Balaban J connectivity index is 1.71. The number of anilines is 1. The third-order valence-electron chi connectivity index (χ3n) is 5.26. The Morgan fingerprint density at radius 3 is 2.32 bits per heavy atom. The lowest BCUT2D eigenvalue weighted by Gasteiger charge is -2.14. The molecule has 0 fully saturated rings. The second kappa shape index (κ2) is 11.5. The van der Waals surface area contributed by atoms with E-state index in [0.717, 1.165) is 16.3 Å². The second-order valence-electron chi connectivity index (χ2n) is 7.64. The Morgan fingerprint density at radius 2 is 1.71 bits per heavy atom. The van der Waals surface area contributed by atoms with Crippen molar-refractivity contribution in [2.24, 2.45) is 5.10 Å². The number of thiazole rings is 1. The van der Waals surface area contributed by atoms with Crippen LogP contribution in [-0.4, -0.2) is 43.4 Å². The number of methoxy groups -OCH3 is 3. The molecule has 0 saturated carbocycles. The number of non-ortho nitro benzene ring substituents is 1. The van der Waals surface area contributed by atoms with Gasteiger partial charge in [-0.25, -0.2) is 9.37 Å². The van der Waals surface area contributed by atoms with Gasteiger partial charge in [-0.1, -0.05) is 11.3 Å². The first kappa shape index (κ1) is 26.2. The molecule has 4 rings (SSSR count). The van der Waals surface area contributed by atoms with Gasteiger partial charge in [0.2, 0.25) is 10.9 Å². The molecule has 0 N–H and O–H groups in total. The number of fused-ring (bicyclic) bond motifs is 1. The Labute approximate surface area is 220 Å². The zero-order chi connectivity index (χ0) is 27.2. The maximum Gasteiger partial charge on any atom is 0.273 e. The van der Waals surface area contributed by atoms with Gasteiger partial charge in [0.15, 0.2) is 11.5 Å². The molecule has 1 amide bonds. The second-order valence-corrected chi connectivity index (χ2v) is 8.65. The first-order valence-corrected chi connectivity index (χ1v) is 11.8. The minimum Gasteiger partial charge on any atom is -0.493 e. The summed E-state index contributed by atoms with van der Waals surface area (Å²) in [6.45, 7) is 0. The van der Waals surface area contributed by atoms with Crippen molar-refractivity contribution in [3.05, 3.63) is 87.7 Å². The van der Waals surface area contributed by atoms with E-state index in [4.69, 9.17) is 14.2 Å². The van der Waals surface area contributed by atoms with Gasteiger partial charge in [0.25, 0.3) is 11.6 Å². The van der Waals surface area contributed by atoms with Crippen molar-refractivity contribution in [2.45, 2.75) is 0 Å². The van der Waals surface area contributed by atoms with Crippen LogP contribution in [0.5, 0.6) is 17.2 Å². The Hall–Kier alpha value is -4.84. The third-order valence-corrected chi connectivity index (χ3v) is 6.25. The van der Waals surface area contributed by atoms with E-state index in [-0.39, 0.29) is 10.8 Å². The number of nitrogens with zero attached hydrogens (tertiary/aromatic N) is 4. The van der Waals surface area contributed by atoms with Crippen molar-refractivity contribution in [1.82, 2.24) is 4.98 Å². The molecule has 12 heteroatoms. The Morgan fingerprint density at radius 1 is 1.03 bits per heavy atom. The molecule has 0 bridgehead atoms. The molecule has 38 heavy (non-hydrogen) atoms. The van der Waals surface area contributed by atoms with Crippen LogP contribution in [0.1, 0.15) is 11.1 Å². The minimum absolute atomic E-state index is 0.0632. The molecule has 3 aromatic carbocycles. The molecule has 0 spiro atoms. The summed E-state index contributed by atoms with van der Waals surface area (Å²) in [6.07, 6.45) is 4.19. The van der Waals surface area contributed by atoms with Gasteiger partial charge in [0.1, 0.15) is 5.82 Å². The molecule has 0 saturated heterocycles. The summed E-state index contributed by atoms with van der Waals surface area (Å²) in [5.74, 6) is 0.231. The van der Waals surface area contributed by atoms with Crippen LogP contribution in [-0.2, 0) is 4.79 Å². The van der Waals surface area contributed by atoms with Crippen LogP contribution in [0, 0.1) is 15.9 Å². The molecule has 0 atom stereocenters. The highest BCUT2D eigenvalue weighted by Gasteiger charge is 2.19. The van der Waals surface area contributed by atoms with Crippen LogP contribution >= 0.6 is 11.3 Å². The number of carbonyl (C=O) groups is 1. The minimum atomic E-state index is -0.549. The number of amides is 1. The van der Waals surface area contributed by atoms with Crippen molar-refractivity contribution >= 4 is 50.6 Å². The highest BCUT2D eigenvalue weighted by atomic mass is 32.1. The first-order valence-electron chi connectivity index (χ1n) is 11.0. The SMILES string of the molecule is COc1cc(/C=N/N(C(=O)/C=C/c2ccc([N+](=O)[O-])cc2)c2nc3ccc(F)cc3s2)cc(OC)c1OC. The monoisotopic (exact) mass is 536 g/mol. The van der Waals surface area contributed by atoms with Gasteiger partial charge in [-0.15, -0.1) is 0 Å². The van der Waals surface area contributed by atoms with E-state index in [0.29, 0.717) is 38.6 Å². The van der Waals surface area contributed by atoms with Gasteiger partial charge in [-0.05, 0) is 54.1 Å². The molecule has 4 aromatic rings. The summed E-state index contributed by atoms with van der Waals surface area (Å²) in [4.78, 5) is 28.1. The number of benzene rings is 3. The maximum absolute atomic E-state index is 13.7. The standard InChI is InChI=1S/C26H21FN4O6S/c1-35-21-12-17(13-22(36-2)25(21)37-3)15-28-30(26-29-20-10-7-18(27)14-23(20)38-26)24(32)11-6-16-4-8-19(9-5-16)31(33)34/h4-15H,1-3H3/b11-6+,28-15+. The molecule has 0 unspecified atom stereocenters. The average molecular weight is 537 g/mol. The summed E-state index contributed by atoms with van der Waals surface area (Å²) in [5.41, 5.74) is 1.56. The molecule has 10 nitrogen and oxygen atoms in total. The van der Waals surface area contributed by atoms with Gasteiger partial charge in [-0.3, -0.25) is 14.9 Å². The molecule has 0 aliphatic rings. The number of nitro benzene ring substituents is 1. The maximum atomic E-state index is 13.7. The van der Waals surface area contributed by atoms with E-state index in [2.05, 4.69) is 10.1 Å². The highest BCUT2D eigenvalue weighted by Crippen LogP contribution is 2.38. The van der Waals surface area contributed by atoms with Crippen LogP contribution < -0.4 is 19.2 Å². The number of ether oxygens (including phenoxy) is 3. The van der Waals surface area contributed by atoms with Gasteiger partial charge < -0.3 is 14.2 Å². The third kappa shape index (κ3) is 5.76. The first-order chi connectivity index (χ1) is 18.3. The van der Waals surface area contributed by atoms with Gasteiger partial charge >= 0.3 is 0 Å². The Kier molecular flexibility index (Phi) is 7.92. The van der Waals surface area contributed by atoms with Crippen LogP contribution in [0.2, 0.25) is 0 Å². The molecule has 194 valence electrons. The number of rotatable bonds is 9. The van der Waals surface area contributed by atoms with Crippen LogP contribution in [0.4, 0.5) is 15.2 Å². The molecule has 1 heterocycles. The summed E-state index contributed by atoms with van der Waals surface area (Å²) >= 11 is 1.09. The lowest BCUT2D eigenvalue weighted by molar-refractivity contribution is -0.384. The van der Waals surface area contributed by atoms with Crippen molar-refractivity contribution in [3.63, 3.8) is 0 Å². The fourth-order valence-corrected chi connectivity index (χ4v) is 4.38. The number of nitro groups is 1. The van der Waals surface area contributed by atoms with Crippen molar-refractivity contribution in [1.29, 1.82) is 0 Å². The van der Waals surface area contributed by atoms with E-state index in [1.54, 1.807) is 12.1 Å². The van der Waals surface area contributed by atoms with E-state index < -0.39 is 16.6 Å². The predicted octanol–water partition coefficient (Wildman–Crippen LogP) is 5.45. The predicted molar refractivity (Wildman–Crippen MR) is 143 cm³/mol. The van der Waals surface area contributed by atoms with Gasteiger partial charge in [0.05, 0.1) is 42.7 Å². The van der Waals surface area contributed by atoms with Crippen LogP contribution in [0.15, 0.2) is 65.8 Å². The van der Waals surface area contributed by atoms with E-state index in [1.807, 2.05) is 0 Å². The fraction of sp³-hybridized carbons (Fsp3) is 0.115. The smallest absolute Gasteiger partial charge is 0.273 e. The average Bonchev–Trinajstić information content (AvgIpc) is 3.34. The summed E-state index contributed by atoms with van der Waals surface area (Å²) in [5, 5.41) is 16.5. The number of hydrogen-bond donors (Lipinski definition) is 0. The number of halogens is 1.